The number of amides is 1. The fourth-order valence-electron chi connectivity index (χ4n) is 4.57. The molecular formula is C24H24FN7O. The van der Waals surface area contributed by atoms with Crippen LogP contribution in [-0.4, -0.2) is 25.7 Å². The minimum absolute atomic E-state index is 0.0119. The third kappa shape index (κ3) is 3.45. The molecule has 3 atom stereocenters. The molecule has 8 nitrogen and oxygen atoms in total. The van der Waals surface area contributed by atoms with Gasteiger partial charge in [-0.2, -0.15) is 5.10 Å². The zero-order valence-electron chi connectivity index (χ0n) is 18.5. The monoisotopic (exact) mass is 445 g/mol. The highest BCUT2D eigenvalue weighted by Crippen LogP contribution is 2.54. The molecule has 5 N–H and O–H groups in total. The third-order valence-electron chi connectivity index (χ3n) is 6.59. The maximum Gasteiger partial charge on any atom is 0.229 e. The Morgan fingerprint density at radius 1 is 1.15 bits per heavy atom. The molecule has 0 radical (unpaired) electrons. The Hall–Kier alpha value is -4.01. The second-order valence-corrected chi connectivity index (χ2v) is 8.69. The molecule has 3 heterocycles. The summed E-state index contributed by atoms with van der Waals surface area (Å²) in [6, 6.07) is 3.38. The van der Waals surface area contributed by atoms with Gasteiger partial charge in [0.15, 0.2) is 5.82 Å². The number of pyridine rings is 2. The van der Waals surface area contributed by atoms with Gasteiger partial charge in [0.25, 0.3) is 0 Å². The van der Waals surface area contributed by atoms with Crippen molar-refractivity contribution in [2.45, 2.75) is 19.8 Å². The van der Waals surface area contributed by atoms with Crippen LogP contribution in [0.4, 0.5) is 21.6 Å². The van der Waals surface area contributed by atoms with Gasteiger partial charge in [0.1, 0.15) is 5.82 Å². The predicted octanol–water partition coefficient (Wildman–Crippen LogP) is 3.63. The standard InChI is InChI=1S/C24H24FN7O/c1-11-16(7-28-9-18(11)26)15-4-13-5-19(29-8-17(13)23(27)22(15)25)31-24(33)21-12(2)20(21)14-6-30-32(3)10-14/h4-10,12,20-21H,26-27H2,1-3H3,(H,29,31,33)/t12?,20-,21+/m0/s1. The molecule has 0 bridgehead atoms. The van der Waals surface area contributed by atoms with Gasteiger partial charge in [-0.05, 0) is 41.5 Å². The van der Waals surface area contributed by atoms with Crippen molar-refractivity contribution in [3.05, 3.63) is 60.1 Å². The van der Waals surface area contributed by atoms with E-state index in [9.17, 15) is 4.79 Å². The molecule has 4 aromatic rings. The lowest BCUT2D eigenvalue weighted by molar-refractivity contribution is -0.117. The Bertz CT molecular complexity index is 1410. The molecule has 5 rings (SSSR count). The molecule has 33 heavy (non-hydrogen) atoms. The molecule has 9 heteroatoms. The van der Waals surface area contributed by atoms with Crippen LogP contribution in [0.5, 0.6) is 0 Å². The molecule has 1 aliphatic carbocycles. The van der Waals surface area contributed by atoms with Crippen molar-refractivity contribution in [3.8, 4) is 11.1 Å². The zero-order valence-corrected chi connectivity index (χ0v) is 18.5. The second kappa shape index (κ2) is 7.54. The first-order valence-electron chi connectivity index (χ1n) is 10.6. The Morgan fingerprint density at radius 3 is 2.67 bits per heavy atom. The second-order valence-electron chi connectivity index (χ2n) is 8.69. The fourth-order valence-corrected chi connectivity index (χ4v) is 4.57. The number of anilines is 3. The van der Waals surface area contributed by atoms with Crippen LogP contribution in [0, 0.1) is 24.6 Å². The largest absolute Gasteiger partial charge is 0.397 e. The molecule has 168 valence electrons. The average Bonchev–Trinajstić information content (AvgIpc) is 3.27. The van der Waals surface area contributed by atoms with Crippen molar-refractivity contribution in [3.63, 3.8) is 0 Å². The van der Waals surface area contributed by atoms with Crippen molar-refractivity contribution in [1.82, 2.24) is 19.7 Å². The first-order chi connectivity index (χ1) is 15.8. The molecule has 0 saturated heterocycles. The number of nitrogen functional groups attached to an aromatic ring is 2. The zero-order chi connectivity index (χ0) is 23.4. The van der Waals surface area contributed by atoms with E-state index < -0.39 is 5.82 Å². The van der Waals surface area contributed by atoms with E-state index in [0.29, 0.717) is 33.4 Å². The number of halogens is 1. The highest BCUT2D eigenvalue weighted by atomic mass is 19.1. The number of aromatic nitrogens is 4. The van der Waals surface area contributed by atoms with Crippen molar-refractivity contribution >= 4 is 33.9 Å². The Kier molecular flexibility index (Phi) is 4.77. The van der Waals surface area contributed by atoms with Gasteiger partial charge in [-0.15, -0.1) is 0 Å². The van der Waals surface area contributed by atoms with Gasteiger partial charge in [-0.25, -0.2) is 9.37 Å². The lowest BCUT2D eigenvalue weighted by Gasteiger charge is -2.13. The summed E-state index contributed by atoms with van der Waals surface area (Å²) in [5.41, 5.74) is 15.1. The number of aryl methyl sites for hydroxylation is 1. The van der Waals surface area contributed by atoms with Crippen molar-refractivity contribution in [2.75, 3.05) is 16.8 Å². The van der Waals surface area contributed by atoms with E-state index in [1.54, 1.807) is 36.1 Å². The number of rotatable bonds is 4. The Balaban J connectivity index is 1.46. The summed E-state index contributed by atoms with van der Waals surface area (Å²) in [7, 11) is 1.86. The molecule has 1 saturated carbocycles. The molecule has 3 aromatic heterocycles. The van der Waals surface area contributed by atoms with Crippen LogP contribution in [0.15, 0.2) is 43.1 Å². The number of carbonyl (C=O) groups excluding carboxylic acids is 1. The number of fused-ring (bicyclic) bond motifs is 1. The first-order valence-corrected chi connectivity index (χ1v) is 10.6. The highest BCUT2D eigenvalue weighted by Gasteiger charge is 2.52. The summed E-state index contributed by atoms with van der Waals surface area (Å²) in [5.74, 6) is -0.0749. The van der Waals surface area contributed by atoms with Gasteiger partial charge in [-0.1, -0.05) is 6.92 Å². The quantitative estimate of drug-likeness (QED) is 0.412. The molecule has 1 amide bonds. The minimum atomic E-state index is -0.553. The van der Waals surface area contributed by atoms with Crippen LogP contribution in [-0.2, 0) is 11.8 Å². The number of hydrogen-bond acceptors (Lipinski definition) is 6. The fraction of sp³-hybridized carbons (Fsp3) is 0.250. The van der Waals surface area contributed by atoms with Crippen LogP contribution in [0.2, 0.25) is 0 Å². The Morgan fingerprint density at radius 2 is 1.94 bits per heavy atom. The van der Waals surface area contributed by atoms with E-state index >= 15 is 4.39 Å². The highest BCUT2D eigenvalue weighted by molar-refractivity contribution is 6.01. The molecule has 0 aliphatic heterocycles. The van der Waals surface area contributed by atoms with E-state index in [1.807, 2.05) is 20.2 Å². The van der Waals surface area contributed by atoms with E-state index in [1.165, 1.54) is 12.4 Å². The predicted molar refractivity (Wildman–Crippen MR) is 126 cm³/mol. The summed E-state index contributed by atoms with van der Waals surface area (Å²) >= 11 is 0. The molecule has 1 unspecified atom stereocenters. The molecule has 1 aromatic carbocycles. The van der Waals surface area contributed by atoms with Gasteiger partial charge in [-0.3, -0.25) is 14.5 Å². The molecule has 0 spiro atoms. The lowest BCUT2D eigenvalue weighted by atomic mass is 9.97. The summed E-state index contributed by atoms with van der Waals surface area (Å²) in [6.45, 7) is 3.85. The third-order valence-corrected chi connectivity index (χ3v) is 6.59. The summed E-state index contributed by atoms with van der Waals surface area (Å²) in [6.07, 6.45) is 8.30. The van der Waals surface area contributed by atoms with Crippen molar-refractivity contribution in [1.29, 1.82) is 0 Å². The van der Waals surface area contributed by atoms with E-state index in [0.717, 1.165) is 11.1 Å². The number of hydrogen-bond donors (Lipinski definition) is 3. The maximum atomic E-state index is 15.1. The van der Waals surface area contributed by atoms with Crippen LogP contribution in [0.3, 0.4) is 0 Å². The van der Waals surface area contributed by atoms with Crippen LogP contribution in [0.25, 0.3) is 21.9 Å². The lowest BCUT2D eigenvalue weighted by Crippen LogP contribution is -2.16. The number of nitrogens with one attached hydrogen (secondary N) is 1. The van der Waals surface area contributed by atoms with Crippen molar-refractivity contribution < 1.29 is 9.18 Å². The van der Waals surface area contributed by atoms with E-state index in [4.69, 9.17) is 11.5 Å². The van der Waals surface area contributed by atoms with Crippen LogP contribution < -0.4 is 16.8 Å². The smallest absolute Gasteiger partial charge is 0.229 e. The normalized spacial score (nSPS) is 19.6. The van der Waals surface area contributed by atoms with Gasteiger partial charge in [0.2, 0.25) is 5.91 Å². The van der Waals surface area contributed by atoms with E-state index in [2.05, 4.69) is 20.4 Å². The van der Waals surface area contributed by atoms with Crippen LogP contribution >= 0.6 is 0 Å². The SMILES string of the molecule is Cc1c(N)cncc1-c1cc2cc(NC(=O)[C@@H]3C(C)[C@H]3c3cnn(C)c3)ncc2c(N)c1F. The van der Waals surface area contributed by atoms with Gasteiger partial charge < -0.3 is 16.8 Å². The molecule has 1 aliphatic rings. The minimum Gasteiger partial charge on any atom is -0.397 e. The van der Waals surface area contributed by atoms with E-state index in [-0.39, 0.29) is 29.3 Å². The van der Waals surface area contributed by atoms with Gasteiger partial charge in [0, 0.05) is 54.0 Å². The van der Waals surface area contributed by atoms with Crippen LogP contribution in [0.1, 0.15) is 24.0 Å². The first kappa shape index (κ1) is 20.9. The number of carbonyl (C=O) groups is 1. The molecular weight excluding hydrogens is 421 g/mol. The van der Waals surface area contributed by atoms with Gasteiger partial charge in [0.05, 0.1) is 23.8 Å². The number of nitrogens with two attached hydrogens (primary N) is 2. The number of nitrogens with zero attached hydrogens (tertiary/aromatic N) is 4. The molecule has 1 fully saturated rings. The Labute approximate surface area is 189 Å². The van der Waals surface area contributed by atoms with Gasteiger partial charge >= 0.3 is 0 Å². The average molecular weight is 446 g/mol. The summed E-state index contributed by atoms with van der Waals surface area (Å²) in [5, 5.41) is 8.23. The number of benzene rings is 1. The van der Waals surface area contributed by atoms with Crippen molar-refractivity contribution in [2.24, 2.45) is 18.9 Å². The summed E-state index contributed by atoms with van der Waals surface area (Å²) in [4.78, 5) is 21.3. The topological polar surface area (TPSA) is 125 Å². The summed E-state index contributed by atoms with van der Waals surface area (Å²) < 4.78 is 16.8. The maximum absolute atomic E-state index is 15.1.